The van der Waals surface area contributed by atoms with Crippen molar-refractivity contribution in [2.45, 2.75) is 130 Å². The molecule has 6 aromatic carbocycles. The number of carboxylic acids is 2. The Balaban J connectivity index is 0.000000300. The fourth-order valence-electron chi connectivity index (χ4n) is 11.3. The van der Waals surface area contributed by atoms with Crippen LogP contribution in [0.3, 0.4) is 0 Å². The number of likely N-dealkylation sites (tertiary alicyclic amines) is 3. The number of alkyl carbamates (subject to hydrolysis) is 2. The number of nitrogens with zero attached hydrogens (tertiary/aromatic N) is 3. The van der Waals surface area contributed by atoms with Gasteiger partial charge in [-0.2, -0.15) is 0 Å². The van der Waals surface area contributed by atoms with Gasteiger partial charge in [0.2, 0.25) is 0 Å². The quantitative estimate of drug-likeness (QED) is 0.0352. The summed E-state index contributed by atoms with van der Waals surface area (Å²) in [5.74, 6) is 2.20. The summed E-state index contributed by atoms with van der Waals surface area (Å²) in [7, 11) is 0. The van der Waals surface area contributed by atoms with Crippen molar-refractivity contribution < 1.29 is 86.5 Å². The zero-order valence-corrected chi connectivity index (χ0v) is 71.6. The molecule has 0 aromatic heterocycles. The van der Waals surface area contributed by atoms with Crippen molar-refractivity contribution in [3.63, 3.8) is 0 Å². The Hall–Kier alpha value is -8.57. The van der Waals surface area contributed by atoms with Gasteiger partial charge in [0.05, 0.1) is 0 Å². The summed E-state index contributed by atoms with van der Waals surface area (Å²) in [4.78, 5) is 98.1. The number of halogens is 7. The van der Waals surface area contributed by atoms with Gasteiger partial charge in [0.25, 0.3) is 23.6 Å². The second-order valence-corrected chi connectivity index (χ2v) is 32.0. The van der Waals surface area contributed by atoms with Gasteiger partial charge < -0.3 is 89.8 Å². The van der Waals surface area contributed by atoms with Crippen LogP contribution < -0.4 is 55.4 Å². The molecule has 0 saturated carbocycles. The molecule has 8 N–H and O–H groups in total. The largest absolute Gasteiger partial charge is 0.484 e. The number of carbonyl (C=O) groups is 8. The number of rotatable bonds is 21. The Kier molecular flexibility index (Phi) is 43.6. The first-order valence-electron chi connectivity index (χ1n) is 37.2. The second-order valence-electron chi connectivity index (χ2n) is 29.4. The minimum absolute atomic E-state index is 0. The van der Waals surface area contributed by atoms with E-state index in [-0.39, 0.29) is 118 Å². The number of ether oxygens (including phenoxy) is 8. The molecule has 4 aliphatic rings. The lowest BCUT2D eigenvalue weighted by molar-refractivity contribution is -0.140. The van der Waals surface area contributed by atoms with Crippen LogP contribution in [-0.2, 0) is 38.2 Å². The zero-order chi connectivity index (χ0) is 84.1. The van der Waals surface area contributed by atoms with Gasteiger partial charge in [-0.1, -0.05) is 97.3 Å². The lowest BCUT2D eigenvalue weighted by Crippen LogP contribution is -2.53. The molecule has 33 heteroatoms. The molecule has 0 radical (unpaired) electrons. The molecule has 10 rings (SSSR count). The number of hydrogen-bond donors (Lipinski definition) is 7. The third-order valence-corrected chi connectivity index (χ3v) is 19.0. The summed E-state index contributed by atoms with van der Waals surface area (Å²) >= 11 is 34.5. The molecule has 8 unspecified atom stereocenters. The van der Waals surface area contributed by atoms with E-state index in [9.17, 15) is 38.4 Å². The van der Waals surface area contributed by atoms with Crippen LogP contribution in [0, 0.1) is 23.7 Å². The lowest BCUT2D eigenvalue weighted by Gasteiger charge is -2.37. The number of carbonyl (C=O) groups excluding carboxylic acids is 6. The van der Waals surface area contributed by atoms with Crippen LogP contribution in [0.15, 0.2) is 146 Å². The maximum absolute atomic E-state index is 12.5. The average Bonchev–Trinajstić information content (AvgIpc) is 0.852. The van der Waals surface area contributed by atoms with Gasteiger partial charge in [-0.3, -0.25) is 19.2 Å². The molecule has 0 spiro atoms. The van der Waals surface area contributed by atoms with Crippen molar-refractivity contribution >= 4 is 130 Å². The molecule has 4 saturated heterocycles. The maximum atomic E-state index is 12.5. The smallest absolute Gasteiger partial charge is 0.407 e. The second kappa shape index (κ2) is 50.8. The number of hydrogen-bond acceptors (Lipinski definition) is 18. The third kappa shape index (κ3) is 41.2. The monoisotopic (exact) mass is 1740 g/mol. The van der Waals surface area contributed by atoms with Gasteiger partial charge in [0.15, 0.2) is 39.6 Å². The molecule has 4 aliphatic heterocycles. The normalized spacial score (nSPS) is 18.8. The number of benzene rings is 6. The number of piperidine rings is 4. The Morgan fingerprint density at radius 2 is 0.652 bits per heavy atom. The highest BCUT2D eigenvalue weighted by molar-refractivity contribution is 6.32. The van der Waals surface area contributed by atoms with E-state index in [1.165, 1.54) is 0 Å². The minimum atomic E-state index is -0.995. The Morgan fingerprint density at radius 3 is 0.922 bits per heavy atom. The van der Waals surface area contributed by atoms with E-state index in [4.69, 9.17) is 123 Å². The first-order chi connectivity index (χ1) is 53.8. The summed E-state index contributed by atoms with van der Waals surface area (Å²) in [6.45, 7) is 24.3. The van der Waals surface area contributed by atoms with E-state index in [0.717, 1.165) is 25.9 Å². The van der Waals surface area contributed by atoms with Crippen molar-refractivity contribution in [1.82, 2.24) is 36.0 Å². The van der Waals surface area contributed by atoms with Crippen molar-refractivity contribution in [3.05, 3.63) is 176 Å². The molecule has 6 aromatic rings. The summed E-state index contributed by atoms with van der Waals surface area (Å²) in [5.41, 5.74) is 5.00. The number of amides is 6. The Bertz CT molecular complexity index is 3890. The number of nitrogens with two attached hydrogens (primary N) is 1. The first kappa shape index (κ1) is 98.8. The van der Waals surface area contributed by atoms with E-state index < -0.39 is 29.2 Å². The Morgan fingerprint density at radius 1 is 0.391 bits per heavy atom. The van der Waals surface area contributed by atoms with E-state index in [1.807, 2.05) is 60.3 Å². The van der Waals surface area contributed by atoms with Crippen LogP contribution in [0.25, 0.3) is 0 Å². The highest BCUT2D eigenvalue weighted by atomic mass is 35.5. The van der Waals surface area contributed by atoms with Crippen molar-refractivity contribution in [3.8, 4) is 34.5 Å². The van der Waals surface area contributed by atoms with Crippen LogP contribution in [0.5, 0.6) is 34.5 Å². The molecule has 0 bridgehead atoms. The van der Waals surface area contributed by atoms with Crippen LogP contribution in [0.2, 0.25) is 30.1 Å². The van der Waals surface area contributed by atoms with Crippen LogP contribution in [0.4, 0.5) is 9.59 Å². The van der Waals surface area contributed by atoms with E-state index >= 15 is 0 Å². The van der Waals surface area contributed by atoms with Crippen molar-refractivity contribution in [1.29, 1.82) is 0 Å². The zero-order valence-electron chi connectivity index (χ0n) is 66.2. The fourth-order valence-corrected chi connectivity index (χ4v) is 12.0. The highest BCUT2D eigenvalue weighted by Gasteiger charge is 2.33. The number of nitrogens with one attached hydrogen (secondary N) is 4. The SMILES string of the molecule is CC1CN(C(=O)COc2ccc(Cl)cc2)CCC1N.CC1CN(C(=O)COc2ccc(Cl)cc2)CCC1NC(=O)COc1ccc(Cl)cc1.CC1CN(C(=O)COc2ccc(Cl)cc2)CCC1NC(=O)OC(C)(C)C.CC1CNCCC1NC(=O)OC(C)(C)C.Cl.O=C(O)COc1ccc(Cl)cc1.O=C(O)COc1ccc(Cl)cc1. The molecule has 115 heavy (non-hydrogen) atoms. The standard InChI is InChI=1S/C22H24Cl2N2O4.C19H27ClN2O4.C14H19ClN2O2.C11H22N2O2.2C8H7ClO3.ClH/c1-15-12-26(22(28)14-30-19-8-4-17(24)5-9-19)11-10-20(15)25-21(27)13-29-18-6-2-16(23)3-7-18;1-13-11-22(10-9-16(13)21-18(24)26-19(2,3)4)17(23)12-25-15-7-5-14(20)6-8-15;1-10-8-17(7-6-13(10)16)14(18)9-19-12-4-2-11(15)3-5-12;1-8-7-12-6-5-9(8)13-10(14)15-11(2,3)4;2*9-6-1-3-7(4-2-6)12-5-8(10)11;/h2-9,15,20H,10-14H2,1H3,(H,25,27);5-8,13,16H,9-12H2,1-4H3,(H,21,24);2-5,10,13H,6-9,16H2,1H3;8-9,12H,5-7H2,1-4H3,(H,13,14);2*1-4H,5H2,(H,10,11);1H. The molecular formula is C82H107Cl7N8O18. The van der Waals surface area contributed by atoms with E-state index in [2.05, 4.69) is 35.1 Å². The van der Waals surface area contributed by atoms with E-state index in [0.29, 0.717) is 129 Å². The van der Waals surface area contributed by atoms with Gasteiger partial charge in [-0.15, -0.1) is 12.4 Å². The van der Waals surface area contributed by atoms with Gasteiger partial charge in [0.1, 0.15) is 45.7 Å². The summed E-state index contributed by atoms with van der Waals surface area (Å²) < 4.78 is 42.2. The third-order valence-electron chi connectivity index (χ3n) is 17.4. The van der Waals surface area contributed by atoms with Crippen LogP contribution in [-0.4, -0.2) is 200 Å². The highest BCUT2D eigenvalue weighted by Crippen LogP contribution is 2.25. The van der Waals surface area contributed by atoms with E-state index in [1.54, 1.807) is 155 Å². The molecule has 26 nitrogen and oxygen atoms in total. The lowest BCUT2D eigenvalue weighted by atomic mass is 9.93. The van der Waals surface area contributed by atoms with Crippen LogP contribution >= 0.6 is 82.0 Å². The summed E-state index contributed by atoms with van der Waals surface area (Å²) in [5, 5.41) is 32.4. The average molecular weight is 1740 g/mol. The molecule has 4 heterocycles. The van der Waals surface area contributed by atoms with Crippen LogP contribution in [0.1, 0.15) is 94.9 Å². The fraction of sp³-hybridized carbons (Fsp3) is 0.463. The molecule has 8 atom stereocenters. The van der Waals surface area contributed by atoms with Crippen molar-refractivity contribution in [2.75, 3.05) is 92.0 Å². The predicted octanol–water partition coefficient (Wildman–Crippen LogP) is 14.7. The summed E-state index contributed by atoms with van der Waals surface area (Å²) in [6.07, 6.45) is 2.48. The predicted molar refractivity (Wildman–Crippen MR) is 448 cm³/mol. The van der Waals surface area contributed by atoms with Gasteiger partial charge in [-0.25, -0.2) is 19.2 Å². The topological polar surface area (TPSA) is 335 Å². The summed E-state index contributed by atoms with van der Waals surface area (Å²) in [6, 6.07) is 41.1. The Labute approximate surface area is 709 Å². The maximum Gasteiger partial charge on any atom is 0.407 e. The van der Waals surface area contributed by atoms with Crippen molar-refractivity contribution in [2.24, 2.45) is 29.4 Å². The van der Waals surface area contributed by atoms with Gasteiger partial charge >= 0.3 is 24.1 Å². The molecule has 4 fully saturated rings. The molecule has 6 amide bonds. The first-order valence-corrected chi connectivity index (χ1v) is 39.4. The molecular weight excluding hydrogens is 1630 g/mol. The van der Waals surface area contributed by atoms with Gasteiger partial charge in [0, 0.05) is 93.6 Å². The molecule has 0 aliphatic carbocycles. The molecule has 632 valence electrons. The van der Waals surface area contributed by atoms with Gasteiger partial charge in [-0.05, 0) is 250 Å². The minimum Gasteiger partial charge on any atom is -0.484 e. The number of aliphatic carboxylic acids is 2. The number of carboxylic acid groups (broad SMARTS) is 2.